The Morgan fingerprint density at radius 2 is 1.76 bits per heavy atom. The van der Waals surface area contributed by atoms with E-state index in [0.717, 1.165) is 36.9 Å². The van der Waals surface area contributed by atoms with Gasteiger partial charge in [-0.3, -0.25) is 19.3 Å². The number of benzene rings is 1. The lowest BCUT2D eigenvalue weighted by Gasteiger charge is -2.38. The van der Waals surface area contributed by atoms with Gasteiger partial charge in [-0.05, 0) is 44.2 Å². The maximum atomic E-state index is 13.2. The Kier molecular flexibility index (Phi) is 5.85. The van der Waals surface area contributed by atoms with Crippen LogP contribution in [0.4, 0.5) is 5.69 Å². The maximum Gasteiger partial charge on any atom is 0.251 e. The number of piperazine rings is 1. The van der Waals surface area contributed by atoms with E-state index in [9.17, 15) is 14.4 Å². The van der Waals surface area contributed by atoms with E-state index in [-0.39, 0.29) is 23.8 Å². The van der Waals surface area contributed by atoms with E-state index < -0.39 is 6.04 Å². The molecule has 0 radical (unpaired) electrons. The number of hydrogen-bond acceptors (Lipinski definition) is 4. The molecule has 7 nitrogen and oxygen atoms in total. The molecule has 3 heterocycles. The van der Waals surface area contributed by atoms with Gasteiger partial charge in [0.15, 0.2) is 0 Å². The van der Waals surface area contributed by atoms with E-state index in [2.05, 4.69) is 0 Å². The number of amides is 3. The number of aryl methyl sites for hydroxylation is 1. The summed E-state index contributed by atoms with van der Waals surface area (Å²) in [4.78, 5) is 43.8. The summed E-state index contributed by atoms with van der Waals surface area (Å²) >= 11 is 0. The van der Waals surface area contributed by atoms with Crippen molar-refractivity contribution in [2.75, 3.05) is 37.7 Å². The van der Waals surface area contributed by atoms with Gasteiger partial charge in [0.05, 0.1) is 0 Å². The SMILES string of the molecule is C[C@H](C(=O)N1CCN(C(=O)[C@H]2CCCO2)CC1)N1C(=O)CCCc2ccccc21. The van der Waals surface area contributed by atoms with Crippen molar-refractivity contribution in [1.29, 1.82) is 0 Å². The Labute approximate surface area is 171 Å². The van der Waals surface area contributed by atoms with Gasteiger partial charge in [-0.2, -0.15) is 0 Å². The van der Waals surface area contributed by atoms with E-state index in [0.29, 0.717) is 39.2 Å². The number of fused-ring (bicyclic) bond motifs is 1. The van der Waals surface area contributed by atoms with Crippen molar-refractivity contribution in [3.8, 4) is 0 Å². The van der Waals surface area contributed by atoms with E-state index in [1.165, 1.54) is 0 Å². The second kappa shape index (κ2) is 8.53. The van der Waals surface area contributed by atoms with Crippen LogP contribution in [0.2, 0.25) is 0 Å². The van der Waals surface area contributed by atoms with E-state index >= 15 is 0 Å². The molecule has 2 saturated heterocycles. The summed E-state index contributed by atoms with van der Waals surface area (Å²) in [5, 5.41) is 0. The van der Waals surface area contributed by atoms with Gasteiger partial charge in [-0.1, -0.05) is 18.2 Å². The van der Waals surface area contributed by atoms with Gasteiger partial charge in [-0.25, -0.2) is 0 Å². The lowest BCUT2D eigenvalue weighted by Crippen LogP contribution is -2.57. The molecule has 3 amide bonds. The molecule has 0 aliphatic carbocycles. The van der Waals surface area contributed by atoms with Gasteiger partial charge < -0.3 is 14.5 Å². The smallest absolute Gasteiger partial charge is 0.251 e. The average molecular weight is 399 g/mol. The molecule has 1 aromatic carbocycles. The van der Waals surface area contributed by atoms with Crippen LogP contribution < -0.4 is 4.90 Å². The molecule has 0 spiro atoms. The molecule has 0 unspecified atom stereocenters. The van der Waals surface area contributed by atoms with E-state index in [4.69, 9.17) is 4.74 Å². The highest BCUT2D eigenvalue weighted by Crippen LogP contribution is 2.29. The third-order valence-corrected chi connectivity index (χ3v) is 6.21. The second-order valence-electron chi connectivity index (χ2n) is 8.07. The highest BCUT2D eigenvalue weighted by molar-refractivity contribution is 6.01. The van der Waals surface area contributed by atoms with Gasteiger partial charge in [0, 0.05) is 44.9 Å². The first-order chi connectivity index (χ1) is 14.1. The number of ether oxygens (including phenoxy) is 1. The Balaban J connectivity index is 1.42. The van der Waals surface area contributed by atoms with Crippen LogP contribution in [-0.4, -0.2) is 72.5 Å². The quantitative estimate of drug-likeness (QED) is 0.774. The number of carbonyl (C=O) groups excluding carboxylic acids is 3. The Hall–Kier alpha value is -2.41. The normalized spacial score (nSPS) is 23.6. The average Bonchev–Trinajstić information content (AvgIpc) is 3.23. The zero-order chi connectivity index (χ0) is 20.4. The third-order valence-electron chi connectivity index (χ3n) is 6.21. The molecular formula is C22H29N3O4. The number of para-hydroxylation sites is 1. The summed E-state index contributed by atoms with van der Waals surface area (Å²) in [5.74, 6) is -0.0125. The van der Waals surface area contributed by atoms with Gasteiger partial charge >= 0.3 is 0 Å². The minimum absolute atomic E-state index is 0.00277. The minimum atomic E-state index is -0.554. The van der Waals surface area contributed by atoms with Crippen molar-refractivity contribution in [1.82, 2.24) is 9.80 Å². The first kappa shape index (κ1) is 19.9. The lowest BCUT2D eigenvalue weighted by atomic mass is 10.1. The van der Waals surface area contributed by atoms with Crippen molar-refractivity contribution in [3.63, 3.8) is 0 Å². The minimum Gasteiger partial charge on any atom is -0.368 e. The summed E-state index contributed by atoms with van der Waals surface area (Å²) in [6.45, 7) is 4.48. The number of hydrogen-bond donors (Lipinski definition) is 0. The monoisotopic (exact) mass is 399 g/mol. The van der Waals surface area contributed by atoms with Crippen molar-refractivity contribution in [2.45, 2.75) is 51.2 Å². The largest absolute Gasteiger partial charge is 0.368 e. The van der Waals surface area contributed by atoms with Crippen LogP contribution in [0.5, 0.6) is 0 Å². The molecule has 2 fully saturated rings. The molecule has 4 rings (SSSR count). The van der Waals surface area contributed by atoms with Crippen LogP contribution in [0.1, 0.15) is 38.2 Å². The second-order valence-corrected chi connectivity index (χ2v) is 8.07. The van der Waals surface area contributed by atoms with Crippen molar-refractivity contribution in [3.05, 3.63) is 29.8 Å². The maximum absolute atomic E-state index is 13.2. The molecule has 7 heteroatoms. The molecule has 0 aromatic heterocycles. The van der Waals surface area contributed by atoms with Crippen LogP contribution in [-0.2, 0) is 25.5 Å². The van der Waals surface area contributed by atoms with Crippen molar-refractivity contribution >= 4 is 23.4 Å². The Morgan fingerprint density at radius 3 is 2.48 bits per heavy atom. The lowest BCUT2D eigenvalue weighted by molar-refractivity contribution is -0.146. The summed E-state index contributed by atoms with van der Waals surface area (Å²) in [6, 6.07) is 7.30. The first-order valence-corrected chi connectivity index (χ1v) is 10.7. The topological polar surface area (TPSA) is 70.2 Å². The fourth-order valence-electron chi connectivity index (χ4n) is 4.56. The van der Waals surface area contributed by atoms with Gasteiger partial charge in [-0.15, -0.1) is 0 Å². The Bertz CT molecular complexity index is 782. The summed E-state index contributed by atoms with van der Waals surface area (Å²) in [5.41, 5.74) is 1.97. The van der Waals surface area contributed by atoms with E-state index in [1.807, 2.05) is 31.2 Å². The van der Waals surface area contributed by atoms with Crippen LogP contribution >= 0.6 is 0 Å². The molecule has 0 saturated carbocycles. The molecule has 29 heavy (non-hydrogen) atoms. The van der Waals surface area contributed by atoms with Gasteiger partial charge in [0.2, 0.25) is 11.8 Å². The van der Waals surface area contributed by atoms with Crippen LogP contribution in [0.3, 0.4) is 0 Å². The predicted octanol–water partition coefficient (Wildman–Crippen LogP) is 1.59. The number of nitrogens with zero attached hydrogens (tertiary/aromatic N) is 3. The number of rotatable bonds is 3. The van der Waals surface area contributed by atoms with Crippen molar-refractivity contribution in [2.24, 2.45) is 0 Å². The number of anilines is 1. The van der Waals surface area contributed by atoms with Crippen molar-refractivity contribution < 1.29 is 19.1 Å². The van der Waals surface area contributed by atoms with Gasteiger partial charge in [0.25, 0.3) is 5.91 Å². The fourth-order valence-corrected chi connectivity index (χ4v) is 4.56. The van der Waals surface area contributed by atoms with E-state index in [1.54, 1.807) is 14.7 Å². The first-order valence-electron chi connectivity index (χ1n) is 10.7. The van der Waals surface area contributed by atoms with Gasteiger partial charge in [0.1, 0.15) is 12.1 Å². The molecule has 3 aliphatic heterocycles. The zero-order valence-corrected chi connectivity index (χ0v) is 17.0. The van der Waals surface area contributed by atoms with Crippen LogP contribution in [0.25, 0.3) is 0 Å². The zero-order valence-electron chi connectivity index (χ0n) is 17.0. The highest BCUT2D eigenvalue weighted by atomic mass is 16.5. The summed E-state index contributed by atoms with van der Waals surface area (Å²) in [7, 11) is 0. The summed E-state index contributed by atoms with van der Waals surface area (Å²) < 4.78 is 5.50. The molecule has 1 aromatic rings. The molecule has 0 bridgehead atoms. The molecule has 0 N–H and O–H groups in total. The predicted molar refractivity (Wildman–Crippen MR) is 108 cm³/mol. The standard InChI is InChI=1S/C22H29N3O4/c1-16(25-18-8-3-2-6-17(18)7-4-10-20(25)26)21(27)23-11-13-24(14-12-23)22(28)19-9-5-15-29-19/h2-3,6,8,16,19H,4-5,7,9-15H2,1H3/t16-,19-/m1/s1. The molecular weight excluding hydrogens is 370 g/mol. The van der Waals surface area contributed by atoms with Crippen LogP contribution in [0, 0.1) is 0 Å². The fraction of sp³-hybridized carbons (Fsp3) is 0.591. The third kappa shape index (κ3) is 4.01. The molecule has 2 atom stereocenters. The highest BCUT2D eigenvalue weighted by Gasteiger charge is 2.36. The van der Waals surface area contributed by atoms with Crippen LogP contribution in [0.15, 0.2) is 24.3 Å². The molecule has 156 valence electrons. The Morgan fingerprint density at radius 1 is 1.03 bits per heavy atom. The number of carbonyl (C=O) groups is 3. The molecule has 3 aliphatic rings. The summed E-state index contributed by atoms with van der Waals surface area (Å²) in [6.07, 6.45) is 3.50.